The molecule has 1 heterocycles. The van der Waals surface area contributed by atoms with E-state index in [1.165, 1.54) is 11.0 Å². The van der Waals surface area contributed by atoms with E-state index >= 15 is 0 Å². The summed E-state index contributed by atoms with van der Waals surface area (Å²) in [6.45, 7) is 0.329. The smallest absolute Gasteiger partial charge is 0.416 e. The molecule has 0 bridgehead atoms. The second kappa shape index (κ2) is 7.58. The fourth-order valence-corrected chi connectivity index (χ4v) is 3.18. The van der Waals surface area contributed by atoms with Crippen molar-refractivity contribution in [2.45, 2.75) is 25.2 Å². The van der Waals surface area contributed by atoms with E-state index in [9.17, 15) is 18.0 Å². The van der Waals surface area contributed by atoms with Crippen LogP contribution >= 0.6 is 11.6 Å². The van der Waals surface area contributed by atoms with Crippen LogP contribution < -0.4 is 4.74 Å². The molecule has 0 spiro atoms. The molecular weight excluding hydrogens is 367 g/mol. The van der Waals surface area contributed by atoms with Crippen molar-refractivity contribution in [1.82, 2.24) is 4.90 Å². The molecule has 138 valence electrons. The third-order valence-electron chi connectivity index (χ3n) is 4.18. The Bertz CT molecular complexity index is 794. The normalized spacial score (nSPS) is 17.5. The third kappa shape index (κ3) is 4.12. The number of halogens is 4. The highest BCUT2D eigenvalue weighted by Crippen LogP contribution is 2.31. The summed E-state index contributed by atoms with van der Waals surface area (Å²) in [5, 5.41) is 0. The number of benzene rings is 2. The predicted molar refractivity (Wildman–Crippen MR) is 92.4 cm³/mol. The second-order valence-corrected chi connectivity index (χ2v) is 6.48. The Balaban J connectivity index is 1.90. The van der Waals surface area contributed by atoms with Crippen LogP contribution in [0.5, 0.6) is 5.75 Å². The first-order valence-electron chi connectivity index (χ1n) is 8.15. The van der Waals surface area contributed by atoms with Gasteiger partial charge in [0.25, 0.3) is 5.91 Å². The summed E-state index contributed by atoms with van der Waals surface area (Å²) in [6.07, 6.45) is -4.20. The van der Waals surface area contributed by atoms with Crippen molar-refractivity contribution in [2.75, 3.05) is 12.4 Å². The van der Waals surface area contributed by atoms with Gasteiger partial charge in [-0.25, -0.2) is 0 Å². The number of rotatable bonds is 4. The highest BCUT2D eigenvalue weighted by Gasteiger charge is 2.32. The molecule has 0 saturated heterocycles. The van der Waals surface area contributed by atoms with E-state index in [0.717, 1.165) is 12.1 Å². The molecule has 3 nitrogen and oxygen atoms in total. The van der Waals surface area contributed by atoms with Crippen molar-refractivity contribution in [1.29, 1.82) is 0 Å². The maximum absolute atomic E-state index is 12.9. The minimum Gasteiger partial charge on any atom is -0.488 e. The fourth-order valence-electron chi connectivity index (χ4n) is 2.94. The third-order valence-corrected chi connectivity index (χ3v) is 4.40. The van der Waals surface area contributed by atoms with Gasteiger partial charge in [-0.3, -0.25) is 4.79 Å². The molecule has 1 atom stereocenters. The van der Waals surface area contributed by atoms with Gasteiger partial charge >= 0.3 is 6.18 Å². The van der Waals surface area contributed by atoms with Gasteiger partial charge in [0.15, 0.2) is 0 Å². The molecule has 0 aliphatic carbocycles. The first-order chi connectivity index (χ1) is 12.4. The number of fused-ring (bicyclic) bond motifs is 1. The summed E-state index contributed by atoms with van der Waals surface area (Å²) in [5.41, 5.74) is 0.0833. The molecule has 0 aromatic heterocycles. The van der Waals surface area contributed by atoms with Gasteiger partial charge in [0.1, 0.15) is 11.9 Å². The molecule has 2 aromatic carbocycles. The average Bonchev–Trinajstić information content (AvgIpc) is 2.72. The van der Waals surface area contributed by atoms with Gasteiger partial charge in [0.2, 0.25) is 0 Å². The lowest BCUT2D eigenvalue weighted by molar-refractivity contribution is -0.137. The number of para-hydroxylation sites is 1. The fraction of sp³-hybridized carbons (Fsp3) is 0.316. The Morgan fingerprint density at radius 2 is 1.92 bits per heavy atom. The van der Waals surface area contributed by atoms with E-state index in [4.69, 9.17) is 16.3 Å². The lowest BCUT2D eigenvalue weighted by Crippen LogP contribution is -2.36. The van der Waals surface area contributed by atoms with Crippen molar-refractivity contribution < 1.29 is 22.7 Å². The molecule has 0 N–H and O–H groups in total. The lowest BCUT2D eigenvalue weighted by Gasteiger charge is -2.24. The maximum atomic E-state index is 12.9. The Labute approximate surface area is 154 Å². The van der Waals surface area contributed by atoms with Crippen molar-refractivity contribution in [3.8, 4) is 5.75 Å². The standard InChI is InChI=1S/C19H17ClF3NO2/c20-9-8-15-12-24(18(25)16-6-1-2-7-17(16)26-15)11-13-4-3-5-14(10-13)19(21,22)23/h1-7,10,15H,8-9,11-12H2. The van der Waals surface area contributed by atoms with E-state index in [-0.39, 0.29) is 25.1 Å². The molecule has 3 rings (SSSR count). The van der Waals surface area contributed by atoms with E-state index < -0.39 is 11.7 Å². The zero-order chi connectivity index (χ0) is 18.7. The largest absolute Gasteiger partial charge is 0.488 e. The summed E-state index contributed by atoms with van der Waals surface area (Å²) >= 11 is 5.82. The van der Waals surface area contributed by atoms with E-state index in [1.54, 1.807) is 30.3 Å². The first-order valence-corrected chi connectivity index (χ1v) is 8.69. The van der Waals surface area contributed by atoms with Gasteiger partial charge in [-0.15, -0.1) is 11.6 Å². The summed E-state index contributed by atoms with van der Waals surface area (Å²) in [4.78, 5) is 14.4. The minimum absolute atomic E-state index is 0.0687. The van der Waals surface area contributed by atoms with Crippen molar-refractivity contribution in [3.05, 3.63) is 65.2 Å². The van der Waals surface area contributed by atoms with Crippen LogP contribution in [0.25, 0.3) is 0 Å². The summed E-state index contributed by atoms with van der Waals surface area (Å²) < 4.78 is 44.7. The van der Waals surface area contributed by atoms with Crippen LogP contribution in [-0.4, -0.2) is 29.3 Å². The van der Waals surface area contributed by atoms with Gasteiger partial charge in [-0.2, -0.15) is 13.2 Å². The molecule has 26 heavy (non-hydrogen) atoms. The van der Waals surface area contributed by atoms with Gasteiger partial charge in [0.05, 0.1) is 17.7 Å². The molecule has 1 amide bonds. The Morgan fingerprint density at radius 1 is 1.15 bits per heavy atom. The molecule has 0 radical (unpaired) electrons. The number of ether oxygens (including phenoxy) is 1. The van der Waals surface area contributed by atoms with Crippen LogP contribution in [0.1, 0.15) is 27.9 Å². The average molecular weight is 384 g/mol. The molecule has 1 aliphatic rings. The SMILES string of the molecule is O=C1c2ccccc2OC(CCCl)CN1Cc1cccc(C(F)(F)F)c1. The molecule has 1 aliphatic heterocycles. The van der Waals surface area contributed by atoms with Crippen molar-refractivity contribution in [3.63, 3.8) is 0 Å². The van der Waals surface area contributed by atoms with Gasteiger partial charge < -0.3 is 9.64 Å². The van der Waals surface area contributed by atoms with Gasteiger partial charge in [-0.05, 0) is 36.2 Å². The van der Waals surface area contributed by atoms with Crippen LogP contribution in [0.3, 0.4) is 0 Å². The highest BCUT2D eigenvalue weighted by molar-refractivity contribution is 6.17. The van der Waals surface area contributed by atoms with Crippen LogP contribution in [0.2, 0.25) is 0 Å². The number of amides is 1. The van der Waals surface area contributed by atoms with E-state index in [0.29, 0.717) is 29.2 Å². The number of nitrogens with zero attached hydrogens (tertiary/aromatic N) is 1. The van der Waals surface area contributed by atoms with Gasteiger partial charge in [-0.1, -0.05) is 24.3 Å². The monoisotopic (exact) mass is 383 g/mol. The zero-order valence-corrected chi connectivity index (χ0v) is 14.6. The quantitative estimate of drug-likeness (QED) is 0.714. The Hall–Kier alpha value is -2.21. The second-order valence-electron chi connectivity index (χ2n) is 6.10. The van der Waals surface area contributed by atoms with E-state index in [2.05, 4.69) is 0 Å². The lowest BCUT2D eigenvalue weighted by atomic mass is 10.1. The number of carbonyl (C=O) groups excluding carboxylic acids is 1. The Kier molecular flexibility index (Phi) is 5.41. The first kappa shape index (κ1) is 18.6. The minimum atomic E-state index is -4.42. The molecule has 1 unspecified atom stereocenters. The van der Waals surface area contributed by atoms with Gasteiger partial charge in [0, 0.05) is 12.4 Å². The number of hydrogen-bond acceptors (Lipinski definition) is 2. The van der Waals surface area contributed by atoms with Crippen LogP contribution in [0.4, 0.5) is 13.2 Å². The van der Waals surface area contributed by atoms with Crippen LogP contribution in [-0.2, 0) is 12.7 Å². The summed E-state index contributed by atoms with van der Waals surface area (Å²) in [6, 6.07) is 11.9. The summed E-state index contributed by atoms with van der Waals surface area (Å²) in [7, 11) is 0. The number of hydrogen-bond donors (Lipinski definition) is 0. The summed E-state index contributed by atoms with van der Waals surface area (Å²) in [5.74, 6) is 0.563. The zero-order valence-electron chi connectivity index (χ0n) is 13.8. The molecule has 0 saturated carbocycles. The molecular formula is C19H17ClF3NO2. The van der Waals surface area contributed by atoms with Crippen LogP contribution in [0.15, 0.2) is 48.5 Å². The number of alkyl halides is 4. The highest BCUT2D eigenvalue weighted by atomic mass is 35.5. The molecule has 7 heteroatoms. The predicted octanol–water partition coefficient (Wildman–Crippen LogP) is 4.74. The van der Waals surface area contributed by atoms with E-state index in [1.807, 2.05) is 0 Å². The molecule has 0 fully saturated rings. The van der Waals surface area contributed by atoms with Crippen molar-refractivity contribution in [2.24, 2.45) is 0 Å². The number of carbonyl (C=O) groups is 1. The van der Waals surface area contributed by atoms with Crippen LogP contribution in [0, 0.1) is 0 Å². The van der Waals surface area contributed by atoms with Crippen molar-refractivity contribution >= 4 is 17.5 Å². The maximum Gasteiger partial charge on any atom is 0.416 e. The molecule has 2 aromatic rings. The topological polar surface area (TPSA) is 29.5 Å². The Morgan fingerprint density at radius 3 is 2.65 bits per heavy atom.